The Morgan fingerprint density at radius 1 is 1.40 bits per heavy atom. The molecule has 0 bridgehead atoms. The lowest BCUT2D eigenvalue weighted by Gasteiger charge is -2.17. The Morgan fingerprint density at radius 2 is 1.90 bits per heavy atom. The molecule has 0 nitrogen and oxygen atoms in total. The maximum atomic E-state index is 5.23. The Balaban J connectivity index is 3.71. The molecule has 0 rings (SSSR count). The van der Waals surface area contributed by atoms with Crippen molar-refractivity contribution in [2.75, 3.05) is 24.9 Å². The molecule has 10 heavy (non-hydrogen) atoms. The topological polar surface area (TPSA) is 0 Å². The summed E-state index contributed by atoms with van der Waals surface area (Å²) in [6, 6.07) is 0. The summed E-state index contributed by atoms with van der Waals surface area (Å²) < 4.78 is 0. The lowest BCUT2D eigenvalue weighted by Crippen LogP contribution is -1.98. The molecule has 1 atom stereocenters. The van der Waals surface area contributed by atoms with Crippen LogP contribution in [0, 0.1) is 12.1 Å². The highest BCUT2D eigenvalue weighted by molar-refractivity contribution is 7.82. The molecule has 0 aromatic rings. The van der Waals surface area contributed by atoms with Crippen molar-refractivity contribution in [1.29, 1.82) is 0 Å². The van der Waals surface area contributed by atoms with Gasteiger partial charge in [-0.1, -0.05) is 5.66 Å². The Labute approximate surface area is 67.3 Å². The zero-order valence-corrected chi connectivity index (χ0v) is 9.04. The number of rotatable bonds is 4. The number of terminal acetylenes is 1. The van der Waals surface area contributed by atoms with E-state index in [9.17, 15) is 0 Å². The first-order valence-electron chi connectivity index (χ1n) is 3.70. The Hall–Kier alpha value is 0.420. The highest BCUT2D eigenvalue weighted by atomic mass is 31.2. The third kappa shape index (κ3) is 3.55. The van der Waals surface area contributed by atoms with Gasteiger partial charge in [0.05, 0.1) is 18.2 Å². The average Bonchev–Trinajstić information content (AvgIpc) is 2.00. The fraction of sp³-hybridized carbons (Fsp3) is 0.750. The SMILES string of the molecule is C#CPC[P+](C)(CC)CC. The molecule has 1 unspecified atom stereocenters. The predicted molar refractivity (Wildman–Crippen MR) is 55.9 cm³/mol. The van der Waals surface area contributed by atoms with Crippen LogP contribution in [0.2, 0.25) is 0 Å². The third-order valence-electron chi connectivity index (χ3n) is 2.09. The lowest BCUT2D eigenvalue weighted by molar-refractivity contribution is 1.37. The van der Waals surface area contributed by atoms with Crippen molar-refractivity contribution in [3.8, 4) is 12.1 Å². The number of hydrogen-bond donors (Lipinski definition) is 0. The molecule has 0 aromatic heterocycles. The Bertz CT molecular complexity index is 120. The monoisotopic (exact) mass is 175 g/mol. The molecule has 0 aliphatic carbocycles. The van der Waals surface area contributed by atoms with Gasteiger partial charge in [0.15, 0.2) is 0 Å². The zero-order valence-electron chi connectivity index (χ0n) is 7.15. The molecule has 0 N–H and O–H groups in total. The van der Waals surface area contributed by atoms with Crippen molar-refractivity contribution in [2.45, 2.75) is 13.8 Å². The van der Waals surface area contributed by atoms with Gasteiger partial charge in [0, 0.05) is 13.9 Å². The van der Waals surface area contributed by atoms with E-state index in [4.69, 9.17) is 6.42 Å². The van der Waals surface area contributed by atoms with Crippen molar-refractivity contribution in [3.05, 3.63) is 0 Å². The van der Waals surface area contributed by atoms with Crippen molar-refractivity contribution >= 4 is 15.8 Å². The van der Waals surface area contributed by atoms with Gasteiger partial charge in [-0.05, 0) is 22.4 Å². The fourth-order valence-electron chi connectivity index (χ4n) is 0.684. The molecular formula is C8H17P2+. The second-order valence-electron chi connectivity index (χ2n) is 2.73. The molecule has 0 fully saturated rings. The smallest absolute Gasteiger partial charge is 0.0861 e. The quantitative estimate of drug-likeness (QED) is 0.455. The highest BCUT2D eigenvalue weighted by Gasteiger charge is 2.25. The summed E-state index contributed by atoms with van der Waals surface area (Å²) in [4.78, 5) is 0. The van der Waals surface area contributed by atoms with E-state index in [1.807, 2.05) is 0 Å². The largest absolute Gasteiger partial charge is 0.116 e. The summed E-state index contributed by atoms with van der Waals surface area (Å²) in [5.41, 5.74) is 2.75. The van der Waals surface area contributed by atoms with E-state index in [0.29, 0.717) is 0 Å². The summed E-state index contributed by atoms with van der Waals surface area (Å²) in [5.74, 6) is 1.32. The van der Waals surface area contributed by atoms with E-state index < -0.39 is 7.26 Å². The molecule has 0 amide bonds. The van der Waals surface area contributed by atoms with E-state index >= 15 is 0 Å². The molecule has 0 radical (unpaired) electrons. The first-order chi connectivity index (χ1) is 4.68. The summed E-state index contributed by atoms with van der Waals surface area (Å²) in [6.07, 6.45) is 7.94. The van der Waals surface area contributed by atoms with E-state index in [-0.39, 0.29) is 0 Å². The van der Waals surface area contributed by atoms with Crippen molar-refractivity contribution in [2.24, 2.45) is 0 Å². The molecule has 0 saturated heterocycles. The van der Waals surface area contributed by atoms with Crippen molar-refractivity contribution < 1.29 is 0 Å². The van der Waals surface area contributed by atoms with Gasteiger partial charge in [-0.3, -0.25) is 0 Å². The zero-order chi connectivity index (χ0) is 8.04. The average molecular weight is 175 g/mol. The molecule has 0 aromatic carbocycles. The van der Waals surface area contributed by atoms with Crippen LogP contribution in [0.5, 0.6) is 0 Å². The van der Waals surface area contributed by atoms with Crippen LogP contribution in [-0.2, 0) is 0 Å². The fourth-order valence-corrected chi connectivity index (χ4v) is 4.81. The minimum absolute atomic E-state index is 0.578. The van der Waals surface area contributed by atoms with E-state index in [1.165, 1.54) is 18.2 Å². The van der Waals surface area contributed by atoms with Gasteiger partial charge < -0.3 is 0 Å². The van der Waals surface area contributed by atoms with Gasteiger partial charge in [-0.25, -0.2) is 0 Å². The third-order valence-corrected chi connectivity index (χ3v) is 9.03. The van der Waals surface area contributed by atoms with E-state index in [0.717, 1.165) is 8.58 Å². The molecule has 0 heterocycles. The van der Waals surface area contributed by atoms with Gasteiger partial charge >= 0.3 is 0 Å². The normalized spacial score (nSPS) is 12.2. The maximum absolute atomic E-state index is 5.23. The van der Waals surface area contributed by atoms with Crippen LogP contribution in [0.1, 0.15) is 13.8 Å². The highest BCUT2D eigenvalue weighted by Crippen LogP contribution is 2.57. The van der Waals surface area contributed by atoms with Crippen LogP contribution in [0.3, 0.4) is 0 Å². The lowest BCUT2D eigenvalue weighted by atomic mass is 11.0. The minimum atomic E-state index is -0.578. The van der Waals surface area contributed by atoms with E-state index in [2.05, 4.69) is 26.2 Å². The molecule has 0 saturated carbocycles. The molecule has 0 aliphatic rings. The second kappa shape index (κ2) is 5.12. The molecule has 2 heteroatoms. The molecular weight excluding hydrogens is 158 g/mol. The first-order valence-corrected chi connectivity index (χ1v) is 7.70. The Kier molecular flexibility index (Phi) is 5.34. The van der Waals surface area contributed by atoms with Gasteiger partial charge in [0.25, 0.3) is 0 Å². The van der Waals surface area contributed by atoms with E-state index in [1.54, 1.807) is 0 Å². The maximum Gasteiger partial charge on any atom is 0.0861 e. The molecule has 0 aliphatic heterocycles. The van der Waals surface area contributed by atoms with Gasteiger partial charge in [-0.15, -0.1) is 6.42 Å². The van der Waals surface area contributed by atoms with Crippen LogP contribution in [0.15, 0.2) is 0 Å². The van der Waals surface area contributed by atoms with Crippen LogP contribution < -0.4 is 0 Å². The van der Waals surface area contributed by atoms with Crippen molar-refractivity contribution in [1.82, 2.24) is 0 Å². The van der Waals surface area contributed by atoms with Gasteiger partial charge in [-0.2, -0.15) is 0 Å². The van der Waals surface area contributed by atoms with Crippen molar-refractivity contribution in [3.63, 3.8) is 0 Å². The van der Waals surface area contributed by atoms with Gasteiger partial charge in [0.2, 0.25) is 0 Å². The minimum Gasteiger partial charge on any atom is -0.116 e. The van der Waals surface area contributed by atoms with Crippen LogP contribution in [0.4, 0.5) is 0 Å². The first kappa shape index (κ1) is 10.4. The summed E-state index contributed by atoms with van der Waals surface area (Å²) in [6.45, 7) is 7.01. The second-order valence-corrected chi connectivity index (χ2v) is 9.14. The standard InChI is InChI=1S/C8H17P2/c1-5-9-8-10(4,6-2)7-3/h1,9H,6-8H2,2-4H3/q+1. The van der Waals surface area contributed by atoms with Crippen LogP contribution in [-0.4, -0.2) is 24.9 Å². The summed E-state index contributed by atoms with van der Waals surface area (Å²) in [7, 11) is 0.179. The summed E-state index contributed by atoms with van der Waals surface area (Å²) >= 11 is 0. The van der Waals surface area contributed by atoms with Crippen LogP contribution in [0.25, 0.3) is 0 Å². The van der Waals surface area contributed by atoms with Gasteiger partial charge in [0.1, 0.15) is 0 Å². The summed E-state index contributed by atoms with van der Waals surface area (Å²) in [5, 5.41) is 0. The molecule has 0 spiro atoms. The Morgan fingerprint density at radius 3 is 2.20 bits per heavy atom. The van der Waals surface area contributed by atoms with Crippen LogP contribution >= 0.6 is 15.8 Å². The number of hydrogen-bond acceptors (Lipinski definition) is 0. The predicted octanol–water partition coefficient (Wildman–Crippen LogP) is 2.90. The molecule has 58 valence electrons.